The molecule has 3 heterocycles. The van der Waals surface area contributed by atoms with Crippen molar-refractivity contribution < 1.29 is 47.2 Å². The van der Waals surface area contributed by atoms with Crippen LogP contribution in [-0.4, -0.2) is 95.4 Å². The van der Waals surface area contributed by atoms with Crippen molar-refractivity contribution >= 4 is 23.8 Å². The molecule has 11 nitrogen and oxygen atoms in total. The molecule has 0 aliphatic carbocycles. The first-order valence-electron chi connectivity index (χ1n) is 17.3. The number of nitrogens with zero attached hydrogens (tertiary/aromatic N) is 3. The summed E-state index contributed by atoms with van der Waals surface area (Å²) < 4.78 is 36.6. The number of hydrogen-bond donors (Lipinski definition) is 2. The van der Waals surface area contributed by atoms with Crippen LogP contribution in [0.2, 0.25) is 0 Å². The lowest BCUT2D eigenvalue weighted by Gasteiger charge is -2.47. The van der Waals surface area contributed by atoms with Gasteiger partial charge in [0.2, 0.25) is 11.8 Å². The first-order valence-corrected chi connectivity index (χ1v) is 17.3. The maximum atomic E-state index is 13.6. The molecule has 5 rings (SSSR count). The average molecular weight is 721 g/mol. The van der Waals surface area contributed by atoms with Gasteiger partial charge in [0.15, 0.2) is 6.04 Å². The van der Waals surface area contributed by atoms with E-state index in [4.69, 9.17) is 9.99 Å². The Labute approximate surface area is 298 Å². The van der Waals surface area contributed by atoms with Crippen molar-refractivity contribution in [3.05, 3.63) is 71.8 Å². The highest BCUT2D eigenvalue weighted by molar-refractivity contribution is 6.07. The van der Waals surface area contributed by atoms with Crippen LogP contribution in [0.4, 0.5) is 18.0 Å². The van der Waals surface area contributed by atoms with E-state index in [2.05, 4.69) is 17.4 Å². The van der Waals surface area contributed by atoms with Gasteiger partial charge in [-0.25, -0.2) is 19.7 Å². The number of unbranched alkanes of at least 4 members (excludes halogenated alkanes) is 2. The maximum absolute atomic E-state index is 13.6. The molecule has 2 N–H and O–H groups in total. The number of β-lactam (4-membered cyclic amide) rings is 1. The predicted octanol–water partition coefficient (Wildman–Crippen LogP) is 6.04. The van der Waals surface area contributed by atoms with Gasteiger partial charge in [0.1, 0.15) is 6.61 Å². The third-order valence-electron chi connectivity index (χ3n) is 9.38. The molecule has 0 aromatic heterocycles. The van der Waals surface area contributed by atoms with Crippen molar-refractivity contribution in [3.8, 4) is 0 Å². The summed E-state index contributed by atoms with van der Waals surface area (Å²) in [5.74, 6) is -0.800. The van der Waals surface area contributed by atoms with E-state index in [0.29, 0.717) is 44.9 Å². The van der Waals surface area contributed by atoms with Crippen molar-refractivity contribution in [2.45, 2.75) is 84.2 Å². The quantitative estimate of drug-likeness (QED) is 0.0894. The van der Waals surface area contributed by atoms with E-state index in [1.165, 1.54) is 5.56 Å². The maximum Gasteiger partial charge on any atom is 0.549 e. The molecule has 3 aliphatic heterocycles. The van der Waals surface area contributed by atoms with Crippen LogP contribution >= 0.6 is 0 Å². The fraction of sp³-hybridized carbons (Fsp3) is 0.568. The number of esters is 1. The van der Waals surface area contributed by atoms with Crippen LogP contribution in [-0.2, 0) is 37.0 Å². The number of benzene rings is 2. The van der Waals surface area contributed by atoms with Crippen molar-refractivity contribution in [2.75, 3.05) is 39.3 Å². The zero-order chi connectivity index (χ0) is 35.9. The number of urea groups is 1. The molecule has 0 spiro atoms. The highest BCUT2D eigenvalue weighted by atomic mass is 19.4. The molecule has 3 atom stereocenters. The molecule has 2 unspecified atom stereocenters. The van der Waals surface area contributed by atoms with Crippen LogP contribution in [0.3, 0.4) is 0 Å². The predicted molar refractivity (Wildman–Crippen MR) is 184 cm³/mol. The number of aryl methyl sites for hydroxylation is 1. The number of carbonyl (C=O) groups is 4. The van der Waals surface area contributed by atoms with Gasteiger partial charge in [0.25, 0.3) is 0 Å². The first kappa shape index (κ1) is 41.4. The summed E-state index contributed by atoms with van der Waals surface area (Å²) in [4.78, 5) is 59.5. The summed E-state index contributed by atoms with van der Waals surface area (Å²) in [5, 5.41) is 10.2. The lowest BCUT2D eigenvalue weighted by molar-refractivity contribution is -0.464. The molecule has 2 aromatic carbocycles. The Morgan fingerprint density at radius 3 is 2.06 bits per heavy atom. The van der Waals surface area contributed by atoms with Crippen molar-refractivity contribution in [1.82, 2.24) is 20.0 Å². The molecule has 51 heavy (non-hydrogen) atoms. The van der Waals surface area contributed by atoms with Gasteiger partial charge in [-0.3, -0.25) is 9.59 Å². The van der Waals surface area contributed by atoms with Crippen molar-refractivity contribution in [1.29, 1.82) is 0 Å². The number of amides is 4. The van der Waals surface area contributed by atoms with Gasteiger partial charge in [-0.1, -0.05) is 74.5 Å². The molecule has 2 aromatic rings. The fourth-order valence-electron chi connectivity index (χ4n) is 6.60. The highest BCUT2D eigenvalue weighted by Gasteiger charge is 2.56. The molecule has 0 radical (unpaired) electrons. The lowest BCUT2D eigenvalue weighted by atomic mass is 9.80. The third kappa shape index (κ3) is 12.9. The van der Waals surface area contributed by atoms with Gasteiger partial charge in [-0.15, -0.1) is 18.1 Å². The van der Waals surface area contributed by atoms with Crippen LogP contribution in [0.5, 0.6) is 0 Å². The van der Waals surface area contributed by atoms with E-state index in [-0.39, 0.29) is 25.8 Å². The summed E-state index contributed by atoms with van der Waals surface area (Å²) in [6.07, 6.45) is 3.13. The Morgan fingerprint density at radius 2 is 1.47 bits per heavy atom. The minimum atomic E-state index is -4.90. The molecule has 3 fully saturated rings. The molecule has 0 saturated carbocycles. The van der Waals surface area contributed by atoms with Crippen LogP contribution < -0.4 is 5.32 Å². The Balaban J connectivity index is 0.000000923. The number of piperazine rings is 1. The zero-order valence-corrected chi connectivity index (χ0v) is 28.2. The van der Waals surface area contributed by atoms with E-state index < -0.39 is 30.3 Å². The first-order chi connectivity index (χ1) is 24.1. The van der Waals surface area contributed by atoms with Gasteiger partial charge < -0.3 is 19.9 Å². The number of alkyl halides is 3. The molecular formula is C37H51F3N4O7. The van der Waals surface area contributed by atoms with Gasteiger partial charge in [-0.2, -0.15) is 0 Å². The Kier molecular flexibility index (Phi) is 16.8. The molecule has 3 aliphatic rings. The number of rotatable bonds is 12. The number of carbonyl (C=O) groups excluding carboxylic acids is 4. The van der Waals surface area contributed by atoms with Crippen molar-refractivity contribution in [3.63, 3.8) is 0 Å². The highest BCUT2D eigenvalue weighted by Crippen LogP contribution is 2.35. The molecule has 4 amide bonds. The van der Waals surface area contributed by atoms with Gasteiger partial charge in [-0.05, 0) is 75.1 Å². The van der Waals surface area contributed by atoms with Crippen LogP contribution in [0.15, 0.2) is 60.7 Å². The van der Waals surface area contributed by atoms with Gasteiger partial charge in [0.05, 0.1) is 5.92 Å². The normalized spacial score (nSPS) is 20.4. The monoisotopic (exact) mass is 720 g/mol. The lowest BCUT2D eigenvalue weighted by Crippen LogP contribution is -2.69. The number of hydrogen-bond acceptors (Lipinski definition) is 8. The zero-order valence-electron chi connectivity index (χ0n) is 28.2. The van der Waals surface area contributed by atoms with Crippen LogP contribution in [0.25, 0.3) is 0 Å². The van der Waals surface area contributed by atoms with E-state index in [1.807, 2.05) is 58.3 Å². The van der Waals surface area contributed by atoms with E-state index in [0.717, 1.165) is 68.5 Å². The summed E-state index contributed by atoms with van der Waals surface area (Å²) >= 11 is 0. The fourth-order valence-corrected chi connectivity index (χ4v) is 6.60. The van der Waals surface area contributed by atoms with E-state index in [9.17, 15) is 32.3 Å². The smallest absolute Gasteiger partial charge is 0.459 e. The van der Waals surface area contributed by atoms with E-state index >= 15 is 0 Å². The van der Waals surface area contributed by atoms with E-state index in [1.54, 1.807) is 4.90 Å². The molecule has 3 saturated heterocycles. The average Bonchev–Trinajstić information content (AvgIpc) is 3.13. The molecule has 282 valence electrons. The Bertz CT molecular complexity index is 1370. The Morgan fingerprint density at radius 1 is 0.863 bits per heavy atom. The summed E-state index contributed by atoms with van der Waals surface area (Å²) in [7, 11) is 0. The van der Waals surface area contributed by atoms with Gasteiger partial charge in [0, 0.05) is 32.6 Å². The summed E-state index contributed by atoms with van der Waals surface area (Å²) in [6, 6.07) is 18.4. The molecule has 14 heteroatoms. The van der Waals surface area contributed by atoms with Crippen molar-refractivity contribution in [2.24, 2.45) is 11.8 Å². The topological polar surface area (TPSA) is 129 Å². The second-order valence-corrected chi connectivity index (χ2v) is 12.9. The second kappa shape index (κ2) is 20.7. The minimum absolute atomic E-state index is 0. The largest absolute Gasteiger partial charge is 0.549 e. The molecule has 0 bridgehead atoms. The number of imide groups is 1. The number of nitrogens with one attached hydrogen (secondary N) is 1. The number of ether oxygens (including phenoxy) is 1. The van der Waals surface area contributed by atoms with Crippen LogP contribution in [0, 0.1) is 11.8 Å². The minimum Gasteiger partial charge on any atom is -0.459 e. The summed E-state index contributed by atoms with van der Waals surface area (Å²) in [6.45, 7) is 3.57. The SMILES string of the molecule is C.O=C(OCc1ccccc1)C1[C@@H](CCC2CCCNC2)C(=O)N1C(=O)N1CCN(C(=O)CCCCCc2ccccc2)CC1.OOC(F)(F)F. The third-order valence-corrected chi connectivity index (χ3v) is 9.38. The summed E-state index contributed by atoms with van der Waals surface area (Å²) in [5.41, 5.74) is 2.17. The standard InChI is InChI=1S/C35H46N4O5.CHF3O2.CH4/c40-31(17-9-3-6-13-27-11-4-1-5-12-27)37-21-23-38(24-22-37)35(43)39-32(34(42)44-26-29-14-7-2-8-15-29)30(33(39)41)19-18-28-16-10-20-36-25-28;2-1(3,4)6-5;/h1-2,4-5,7-8,11-12,14-15,28,30,32,36H,3,6,9-10,13,16-26H2;5H;1H4/t28?,30-,32?;;/m1../s1. The van der Waals surface area contributed by atoms with Crippen LogP contribution in [0.1, 0.15) is 69.9 Å². The number of likely N-dealkylation sites (tertiary alicyclic amines) is 1. The second-order valence-electron chi connectivity index (χ2n) is 12.9. The van der Waals surface area contributed by atoms with Gasteiger partial charge >= 0.3 is 18.4 Å². The number of piperidine rings is 1. The number of halogens is 3. The molecular weight excluding hydrogens is 669 g/mol. The Hall–Kier alpha value is -4.01.